The molecule has 62 valence electrons. The van der Waals surface area contributed by atoms with E-state index in [9.17, 15) is 0 Å². The van der Waals surface area contributed by atoms with Crippen LogP contribution in [0.4, 0.5) is 0 Å². The van der Waals surface area contributed by atoms with Crippen molar-refractivity contribution in [3.8, 4) is 0 Å². The second-order valence-electron chi connectivity index (χ2n) is 0.741. The van der Waals surface area contributed by atoms with Crippen molar-refractivity contribution in [1.82, 2.24) is 0 Å². The predicted molar refractivity (Wildman–Crippen MR) is 49.6 cm³/mol. The Hall–Kier alpha value is -0.860. The zero-order chi connectivity index (χ0) is 9.58. The van der Waals surface area contributed by atoms with E-state index in [-0.39, 0.29) is 0 Å². The van der Waals surface area contributed by atoms with Crippen molar-refractivity contribution in [2.75, 3.05) is 0 Å². The standard InChI is InChI=1S/C2H7NO.3C2H4/c1-2(3)4;3*1-2/h2,4H,3H2,1H3;3*1-2H2. The van der Waals surface area contributed by atoms with Crippen LogP contribution in [0.5, 0.6) is 0 Å². The lowest BCUT2D eigenvalue weighted by atomic mass is 10.7. The van der Waals surface area contributed by atoms with E-state index in [0.717, 1.165) is 0 Å². The normalized spacial score (nSPS) is 7.50. The summed E-state index contributed by atoms with van der Waals surface area (Å²) in [6.07, 6.45) is -0.667. The third-order valence-electron chi connectivity index (χ3n) is 0. The number of nitrogens with two attached hydrogens (primary N) is 1. The quantitative estimate of drug-likeness (QED) is 0.402. The maximum absolute atomic E-state index is 7.83. The Kier molecular flexibility index (Phi) is 208. The van der Waals surface area contributed by atoms with Crippen LogP contribution in [-0.2, 0) is 0 Å². The molecule has 0 aliphatic rings. The minimum Gasteiger partial charge on any atom is -0.379 e. The van der Waals surface area contributed by atoms with E-state index in [1.54, 1.807) is 0 Å². The molecule has 1 unspecified atom stereocenters. The second-order valence-corrected chi connectivity index (χ2v) is 0.741. The van der Waals surface area contributed by atoms with E-state index in [2.05, 4.69) is 45.2 Å². The van der Waals surface area contributed by atoms with Gasteiger partial charge in [-0.3, -0.25) is 0 Å². The molecule has 0 rings (SSSR count). The number of hydrogen-bond acceptors (Lipinski definition) is 2. The van der Waals surface area contributed by atoms with Gasteiger partial charge in [-0.15, -0.1) is 39.5 Å². The van der Waals surface area contributed by atoms with E-state index in [0.29, 0.717) is 0 Å². The van der Waals surface area contributed by atoms with Gasteiger partial charge < -0.3 is 10.8 Å². The molecule has 0 spiro atoms. The summed E-state index contributed by atoms with van der Waals surface area (Å²) in [6, 6.07) is 0. The van der Waals surface area contributed by atoms with Crippen molar-refractivity contribution in [2.45, 2.75) is 13.2 Å². The Morgan fingerprint density at radius 1 is 1.00 bits per heavy atom. The minimum absolute atomic E-state index is 0.667. The van der Waals surface area contributed by atoms with Gasteiger partial charge in [-0.25, -0.2) is 0 Å². The zero-order valence-electron chi connectivity index (χ0n) is 6.84. The van der Waals surface area contributed by atoms with Crippen molar-refractivity contribution in [3.63, 3.8) is 0 Å². The Bertz CT molecular complexity index is 30.7. The summed E-state index contributed by atoms with van der Waals surface area (Å²) in [5.74, 6) is 0. The van der Waals surface area contributed by atoms with Crippen LogP contribution in [0, 0.1) is 0 Å². The van der Waals surface area contributed by atoms with E-state index in [1.807, 2.05) is 0 Å². The molecular weight excluding hydrogens is 126 g/mol. The Morgan fingerprint density at radius 2 is 1.00 bits per heavy atom. The van der Waals surface area contributed by atoms with E-state index in [1.165, 1.54) is 6.92 Å². The van der Waals surface area contributed by atoms with Gasteiger partial charge >= 0.3 is 0 Å². The average Bonchev–Trinajstić information content (AvgIpc) is 1.98. The molecule has 2 nitrogen and oxygen atoms in total. The molecule has 0 heterocycles. The van der Waals surface area contributed by atoms with Crippen LogP contribution < -0.4 is 5.73 Å². The second kappa shape index (κ2) is 90.6. The lowest BCUT2D eigenvalue weighted by Gasteiger charge is -1.82. The van der Waals surface area contributed by atoms with Gasteiger partial charge in [0.25, 0.3) is 0 Å². The summed E-state index contributed by atoms with van der Waals surface area (Å²) >= 11 is 0. The number of hydrogen-bond donors (Lipinski definition) is 2. The van der Waals surface area contributed by atoms with E-state index >= 15 is 0 Å². The molecule has 0 bridgehead atoms. The molecule has 10 heavy (non-hydrogen) atoms. The highest BCUT2D eigenvalue weighted by Crippen LogP contribution is 1.50. The average molecular weight is 145 g/mol. The van der Waals surface area contributed by atoms with Crippen LogP contribution in [0.15, 0.2) is 39.5 Å². The van der Waals surface area contributed by atoms with Crippen LogP contribution in [0.1, 0.15) is 6.92 Å². The third kappa shape index (κ3) is 364. The molecule has 0 aromatic rings. The van der Waals surface area contributed by atoms with Gasteiger partial charge in [0.2, 0.25) is 0 Å². The largest absolute Gasteiger partial charge is 0.379 e. The topological polar surface area (TPSA) is 46.2 Å². The molecule has 0 fully saturated rings. The Morgan fingerprint density at radius 3 is 1.00 bits per heavy atom. The summed E-state index contributed by atoms with van der Waals surface area (Å²) in [5, 5.41) is 7.83. The fourth-order valence-electron chi connectivity index (χ4n) is 0. The van der Waals surface area contributed by atoms with Gasteiger partial charge in [-0.05, 0) is 6.92 Å². The molecule has 0 aromatic heterocycles. The number of aliphatic hydroxyl groups excluding tert-OH is 1. The van der Waals surface area contributed by atoms with Crippen LogP contribution in [0.25, 0.3) is 0 Å². The maximum Gasteiger partial charge on any atom is 0.0991 e. The van der Waals surface area contributed by atoms with Gasteiger partial charge in [0, 0.05) is 0 Å². The first-order chi connectivity index (χ1) is 4.73. The third-order valence-corrected chi connectivity index (χ3v) is 0. The summed E-state index contributed by atoms with van der Waals surface area (Å²) < 4.78 is 0. The first kappa shape index (κ1) is 22.9. The lowest BCUT2D eigenvalue weighted by molar-refractivity contribution is 0.203. The van der Waals surface area contributed by atoms with Gasteiger partial charge in [0.05, 0.1) is 6.23 Å². The van der Waals surface area contributed by atoms with Crippen LogP contribution in [0.3, 0.4) is 0 Å². The first-order valence-corrected chi connectivity index (χ1v) is 2.67. The van der Waals surface area contributed by atoms with Gasteiger partial charge in [0.1, 0.15) is 0 Å². The zero-order valence-corrected chi connectivity index (χ0v) is 6.84. The first-order valence-electron chi connectivity index (χ1n) is 2.67. The Balaban J connectivity index is -0.0000000262. The molecule has 2 heteroatoms. The summed E-state index contributed by atoms with van der Waals surface area (Å²) in [4.78, 5) is 0. The van der Waals surface area contributed by atoms with E-state index < -0.39 is 6.23 Å². The predicted octanol–water partition coefficient (Wildman–Crippen LogP) is 1.69. The maximum atomic E-state index is 7.83. The monoisotopic (exact) mass is 145 g/mol. The van der Waals surface area contributed by atoms with Gasteiger partial charge in [0.15, 0.2) is 0 Å². The van der Waals surface area contributed by atoms with Crippen LogP contribution in [-0.4, -0.2) is 11.3 Å². The molecular formula is C8H19NO. The SMILES string of the molecule is C=C.C=C.C=C.CC(N)O. The fourth-order valence-corrected chi connectivity index (χ4v) is 0. The lowest BCUT2D eigenvalue weighted by Crippen LogP contribution is -2.11. The fraction of sp³-hybridized carbons (Fsp3) is 0.250. The van der Waals surface area contributed by atoms with Crippen molar-refractivity contribution in [1.29, 1.82) is 0 Å². The van der Waals surface area contributed by atoms with Gasteiger partial charge in [-0.1, -0.05) is 0 Å². The molecule has 1 atom stereocenters. The molecule has 0 aliphatic carbocycles. The van der Waals surface area contributed by atoms with Crippen molar-refractivity contribution >= 4 is 0 Å². The Labute approximate surface area is 64.4 Å². The molecule has 0 aromatic carbocycles. The number of aliphatic hydroxyl groups is 1. The smallest absolute Gasteiger partial charge is 0.0991 e. The van der Waals surface area contributed by atoms with E-state index in [4.69, 9.17) is 5.11 Å². The molecule has 0 saturated heterocycles. The summed E-state index contributed by atoms with van der Waals surface area (Å²) in [7, 11) is 0. The highest BCUT2D eigenvalue weighted by Gasteiger charge is 1.68. The molecule has 3 N–H and O–H groups in total. The molecule has 0 saturated carbocycles. The van der Waals surface area contributed by atoms with Crippen LogP contribution in [0.2, 0.25) is 0 Å². The summed E-state index contributed by atoms with van der Waals surface area (Å²) in [5.41, 5.74) is 4.67. The van der Waals surface area contributed by atoms with Crippen LogP contribution >= 0.6 is 0 Å². The molecule has 0 aliphatic heterocycles. The van der Waals surface area contributed by atoms with Crippen molar-refractivity contribution < 1.29 is 5.11 Å². The number of rotatable bonds is 0. The minimum atomic E-state index is -0.667. The molecule has 0 amide bonds. The van der Waals surface area contributed by atoms with Crippen molar-refractivity contribution in [2.24, 2.45) is 5.73 Å². The molecule has 0 radical (unpaired) electrons. The highest BCUT2D eigenvalue weighted by molar-refractivity contribution is 4.22. The van der Waals surface area contributed by atoms with Gasteiger partial charge in [-0.2, -0.15) is 0 Å². The van der Waals surface area contributed by atoms with Crippen molar-refractivity contribution in [3.05, 3.63) is 39.5 Å². The summed E-state index contributed by atoms with van der Waals surface area (Å²) in [6.45, 7) is 19.5. The highest BCUT2D eigenvalue weighted by atomic mass is 16.3.